The molecule has 2 saturated heterocycles. The molecule has 1 aromatic rings. The number of aliphatic imine (C=N–C) groups is 1. The Labute approximate surface area is 144 Å². The summed E-state index contributed by atoms with van der Waals surface area (Å²) in [6, 6.07) is 8.27. The molecular formula is C18H28N4O2. The first-order valence-electron chi connectivity index (χ1n) is 8.72. The fourth-order valence-electron chi connectivity index (χ4n) is 3.30. The van der Waals surface area contributed by atoms with Crippen LogP contribution in [0.4, 0.5) is 5.69 Å². The molecule has 0 spiro atoms. The van der Waals surface area contributed by atoms with Gasteiger partial charge in [-0.1, -0.05) is 6.07 Å². The van der Waals surface area contributed by atoms with E-state index in [1.54, 1.807) is 7.11 Å². The number of methoxy groups -OCH3 is 1. The number of piperazine rings is 1. The maximum absolute atomic E-state index is 5.44. The fraction of sp³-hybridized carbons (Fsp3) is 0.611. The summed E-state index contributed by atoms with van der Waals surface area (Å²) >= 11 is 0. The number of ether oxygens (including phenoxy) is 2. The summed E-state index contributed by atoms with van der Waals surface area (Å²) in [7, 11) is 3.57. The van der Waals surface area contributed by atoms with Crippen molar-refractivity contribution in [1.29, 1.82) is 0 Å². The van der Waals surface area contributed by atoms with Gasteiger partial charge in [0, 0.05) is 64.0 Å². The number of hydrogen-bond donors (Lipinski definition) is 1. The van der Waals surface area contributed by atoms with Crippen LogP contribution in [-0.2, 0) is 4.74 Å². The molecule has 132 valence electrons. The molecule has 3 rings (SSSR count). The van der Waals surface area contributed by atoms with Crippen molar-refractivity contribution in [2.24, 2.45) is 10.9 Å². The van der Waals surface area contributed by atoms with Crippen LogP contribution < -0.4 is 15.0 Å². The zero-order valence-electron chi connectivity index (χ0n) is 14.7. The SMILES string of the molecule is CN=C(NCC1CCOC1)N1CCN(c2cccc(OC)c2)CC1. The summed E-state index contributed by atoms with van der Waals surface area (Å²) in [6.45, 7) is 6.62. The van der Waals surface area contributed by atoms with Crippen molar-refractivity contribution < 1.29 is 9.47 Å². The number of hydrogen-bond acceptors (Lipinski definition) is 4. The summed E-state index contributed by atoms with van der Waals surface area (Å²) in [4.78, 5) is 9.19. The van der Waals surface area contributed by atoms with Crippen LogP contribution in [-0.4, -0.2) is 71.0 Å². The summed E-state index contributed by atoms with van der Waals surface area (Å²) in [5.74, 6) is 2.53. The molecule has 0 bridgehead atoms. The van der Waals surface area contributed by atoms with Gasteiger partial charge in [-0.2, -0.15) is 0 Å². The highest BCUT2D eigenvalue weighted by Gasteiger charge is 2.21. The average molecular weight is 332 g/mol. The van der Waals surface area contributed by atoms with E-state index in [1.807, 2.05) is 19.2 Å². The molecule has 2 fully saturated rings. The van der Waals surface area contributed by atoms with Crippen molar-refractivity contribution in [3.05, 3.63) is 24.3 Å². The van der Waals surface area contributed by atoms with Gasteiger partial charge >= 0.3 is 0 Å². The molecule has 0 radical (unpaired) electrons. The van der Waals surface area contributed by atoms with Gasteiger partial charge in [0.25, 0.3) is 0 Å². The summed E-state index contributed by atoms with van der Waals surface area (Å²) in [5, 5.41) is 3.51. The van der Waals surface area contributed by atoms with Crippen molar-refractivity contribution in [2.45, 2.75) is 6.42 Å². The lowest BCUT2D eigenvalue weighted by Crippen LogP contribution is -2.53. The molecule has 0 aliphatic carbocycles. The van der Waals surface area contributed by atoms with Crippen LogP contribution in [0.3, 0.4) is 0 Å². The molecule has 2 aliphatic heterocycles. The van der Waals surface area contributed by atoms with Gasteiger partial charge in [-0.25, -0.2) is 0 Å². The Morgan fingerprint density at radius 2 is 2.17 bits per heavy atom. The van der Waals surface area contributed by atoms with Gasteiger partial charge in [0.15, 0.2) is 5.96 Å². The number of nitrogens with zero attached hydrogens (tertiary/aromatic N) is 3. The van der Waals surface area contributed by atoms with E-state index < -0.39 is 0 Å². The van der Waals surface area contributed by atoms with Gasteiger partial charge in [-0.05, 0) is 18.6 Å². The van der Waals surface area contributed by atoms with Crippen molar-refractivity contribution in [2.75, 3.05) is 65.0 Å². The van der Waals surface area contributed by atoms with Crippen molar-refractivity contribution in [1.82, 2.24) is 10.2 Å². The average Bonchev–Trinajstić information content (AvgIpc) is 3.16. The second-order valence-corrected chi connectivity index (χ2v) is 6.33. The van der Waals surface area contributed by atoms with E-state index in [-0.39, 0.29) is 0 Å². The Hall–Kier alpha value is -1.95. The molecule has 1 unspecified atom stereocenters. The van der Waals surface area contributed by atoms with E-state index in [0.29, 0.717) is 5.92 Å². The Kier molecular flexibility index (Phi) is 5.80. The number of rotatable bonds is 4. The van der Waals surface area contributed by atoms with Gasteiger partial charge in [-0.15, -0.1) is 0 Å². The van der Waals surface area contributed by atoms with E-state index in [1.165, 1.54) is 5.69 Å². The number of anilines is 1. The first-order valence-corrected chi connectivity index (χ1v) is 8.72. The smallest absolute Gasteiger partial charge is 0.193 e. The Bertz CT molecular complexity index is 550. The van der Waals surface area contributed by atoms with E-state index in [4.69, 9.17) is 9.47 Å². The fourth-order valence-corrected chi connectivity index (χ4v) is 3.30. The zero-order chi connectivity index (χ0) is 16.8. The van der Waals surface area contributed by atoms with E-state index >= 15 is 0 Å². The molecular weight excluding hydrogens is 304 g/mol. The number of guanidine groups is 1. The van der Waals surface area contributed by atoms with Crippen LogP contribution in [0.5, 0.6) is 5.75 Å². The molecule has 1 N–H and O–H groups in total. The molecule has 1 aromatic carbocycles. The molecule has 0 aromatic heterocycles. The highest BCUT2D eigenvalue weighted by molar-refractivity contribution is 5.80. The van der Waals surface area contributed by atoms with Crippen LogP contribution >= 0.6 is 0 Å². The summed E-state index contributed by atoms with van der Waals surface area (Å²) in [6.07, 6.45) is 1.15. The summed E-state index contributed by atoms with van der Waals surface area (Å²) in [5.41, 5.74) is 1.22. The van der Waals surface area contributed by atoms with Gasteiger partial charge in [0.1, 0.15) is 5.75 Å². The van der Waals surface area contributed by atoms with Crippen LogP contribution in [0.2, 0.25) is 0 Å². The first kappa shape index (κ1) is 16.9. The third-order valence-electron chi connectivity index (χ3n) is 4.78. The monoisotopic (exact) mass is 332 g/mol. The standard InChI is InChI=1S/C18H28N4O2/c1-19-18(20-13-15-6-11-24-14-15)22-9-7-21(8-10-22)16-4-3-5-17(12-16)23-2/h3-5,12,15H,6-11,13-14H2,1-2H3,(H,19,20). The van der Waals surface area contributed by atoms with Gasteiger partial charge < -0.3 is 24.6 Å². The minimum Gasteiger partial charge on any atom is -0.497 e. The topological polar surface area (TPSA) is 49.3 Å². The second-order valence-electron chi connectivity index (χ2n) is 6.33. The van der Waals surface area contributed by atoms with Crippen molar-refractivity contribution >= 4 is 11.6 Å². The second kappa shape index (κ2) is 8.24. The maximum Gasteiger partial charge on any atom is 0.193 e. The lowest BCUT2D eigenvalue weighted by atomic mass is 10.1. The number of nitrogens with one attached hydrogen (secondary N) is 1. The minimum absolute atomic E-state index is 0.611. The highest BCUT2D eigenvalue weighted by Crippen LogP contribution is 2.22. The van der Waals surface area contributed by atoms with Crippen LogP contribution in [0.25, 0.3) is 0 Å². The van der Waals surface area contributed by atoms with Gasteiger partial charge in [-0.3, -0.25) is 4.99 Å². The van der Waals surface area contributed by atoms with Crippen LogP contribution in [0.1, 0.15) is 6.42 Å². The van der Waals surface area contributed by atoms with Gasteiger partial charge in [0.05, 0.1) is 13.7 Å². The van der Waals surface area contributed by atoms with Crippen molar-refractivity contribution in [3.8, 4) is 5.75 Å². The molecule has 24 heavy (non-hydrogen) atoms. The maximum atomic E-state index is 5.44. The molecule has 6 heteroatoms. The van der Waals surface area contributed by atoms with Crippen LogP contribution in [0, 0.1) is 5.92 Å². The number of benzene rings is 1. The van der Waals surface area contributed by atoms with E-state index in [2.05, 4.69) is 32.2 Å². The molecule has 1 atom stereocenters. The first-order chi connectivity index (χ1) is 11.8. The third-order valence-corrected chi connectivity index (χ3v) is 4.78. The Balaban J connectivity index is 1.51. The van der Waals surface area contributed by atoms with Gasteiger partial charge in [0.2, 0.25) is 0 Å². The normalized spacial score (nSPS) is 21.9. The highest BCUT2D eigenvalue weighted by atomic mass is 16.5. The van der Waals surface area contributed by atoms with Crippen molar-refractivity contribution in [3.63, 3.8) is 0 Å². The van der Waals surface area contributed by atoms with Crippen LogP contribution in [0.15, 0.2) is 29.3 Å². The lowest BCUT2D eigenvalue weighted by molar-refractivity contribution is 0.186. The zero-order valence-corrected chi connectivity index (χ0v) is 14.7. The summed E-state index contributed by atoms with van der Waals surface area (Å²) < 4.78 is 10.8. The molecule has 0 amide bonds. The Morgan fingerprint density at radius 3 is 2.83 bits per heavy atom. The van der Waals surface area contributed by atoms with E-state index in [0.717, 1.165) is 64.1 Å². The minimum atomic E-state index is 0.611. The predicted octanol–water partition coefficient (Wildman–Crippen LogP) is 1.43. The van der Waals surface area contributed by atoms with E-state index in [9.17, 15) is 0 Å². The largest absolute Gasteiger partial charge is 0.497 e. The molecule has 6 nitrogen and oxygen atoms in total. The molecule has 2 heterocycles. The molecule has 2 aliphatic rings. The molecule has 0 saturated carbocycles. The Morgan fingerprint density at radius 1 is 1.33 bits per heavy atom. The third kappa shape index (κ3) is 4.12. The quantitative estimate of drug-likeness (QED) is 0.668. The predicted molar refractivity (Wildman–Crippen MR) is 97.1 cm³/mol. The lowest BCUT2D eigenvalue weighted by Gasteiger charge is -2.38.